The minimum absolute atomic E-state index is 0.00546. The topological polar surface area (TPSA) is 78.5 Å². The molecule has 0 aliphatic carbocycles. The molecular weight excluding hydrogens is 290 g/mol. The van der Waals surface area contributed by atoms with E-state index in [0.717, 1.165) is 0 Å². The Kier molecular flexibility index (Phi) is 6.51. The van der Waals surface area contributed by atoms with E-state index in [0.29, 0.717) is 31.1 Å². The van der Waals surface area contributed by atoms with E-state index in [9.17, 15) is 14.4 Å². The quantitative estimate of drug-likeness (QED) is 0.727. The van der Waals surface area contributed by atoms with Gasteiger partial charge in [0.1, 0.15) is 6.04 Å². The van der Waals surface area contributed by atoms with Crippen LogP contribution < -0.4 is 10.6 Å². The number of hydrogen-bond acceptors (Lipinski definition) is 4. The average Bonchev–Trinajstić information content (AvgIpc) is 2.84. The van der Waals surface area contributed by atoms with Gasteiger partial charge in [-0.15, -0.1) is 11.8 Å². The Balaban J connectivity index is 2.42. The van der Waals surface area contributed by atoms with Crippen molar-refractivity contribution in [3.63, 3.8) is 0 Å². The molecule has 1 aliphatic rings. The second-order valence-corrected chi connectivity index (χ2v) is 7.17. The Morgan fingerprint density at radius 2 is 1.81 bits per heavy atom. The Bertz CT molecular complexity index is 407. The minimum atomic E-state index is -0.477. The van der Waals surface area contributed by atoms with Crippen molar-refractivity contribution in [1.29, 1.82) is 0 Å². The zero-order valence-corrected chi connectivity index (χ0v) is 14.0. The van der Waals surface area contributed by atoms with E-state index in [4.69, 9.17) is 0 Å². The van der Waals surface area contributed by atoms with Gasteiger partial charge < -0.3 is 15.5 Å². The van der Waals surface area contributed by atoms with Gasteiger partial charge in [-0.25, -0.2) is 0 Å². The van der Waals surface area contributed by atoms with Crippen molar-refractivity contribution in [3.05, 3.63) is 0 Å². The second kappa shape index (κ2) is 7.68. The number of thioether (sulfide) groups is 1. The summed E-state index contributed by atoms with van der Waals surface area (Å²) < 4.78 is 0. The number of rotatable bonds is 5. The normalized spacial score (nSPS) is 18.5. The number of nitrogens with zero attached hydrogens (tertiary/aromatic N) is 1. The minimum Gasteiger partial charge on any atom is -0.356 e. The van der Waals surface area contributed by atoms with E-state index in [1.165, 1.54) is 6.92 Å². The summed E-state index contributed by atoms with van der Waals surface area (Å²) in [5.41, 5.74) is -0.477. The summed E-state index contributed by atoms with van der Waals surface area (Å²) in [6.45, 7) is 8.09. The lowest BCUT2D eigenvalue weighted by Crippen LogP contribution is -2.50. The van der Waals surface area contributed by atoms with Crippen LogP contribution in [0.4, 0.5) is 0 Å². The highest BCUT2D eigenvalue weighted by atomic mass is 32.2. The van der Waals surface area contributed by atoms with Crippen LogP contribution in [-0.2, 0) is 14.4 Å². The van der Waals surface area contributed by atoms with E-state index < -0.39 is 5.41 Å². The first-order valence-electron chi connectivity index (χ1n) is 7.14. The standard InChI is InChI=1S/C14H25N3O3S/c1-10(18)15-6-5-7-16-12(19)11-8-21-9-17(11)13(20)14(2,3)4/h11H,5-9H2,1-4H3,(H,15,18)(H,16,19). The fourth-order valence-electron chi connectivity index (χ4n) is 1.97. The summed E-state index contributed by atoms with van der Waals surface area (Å²) in [5.74, 6) is 1.03. The molecule has 0 bridgehead atoms. The molecule has 0 spiro atoms. The van der Waals surface area contributed by atoms with Gasteiger partial charge in [0.15, 0.2) is 0 Å². The SMILES string of the molecule is CC(=O)NCCCNC(=O)C1CSCN1C(=O)C(C)(C)C. The van der Waals surface area contributed by atoms with Gasteiger partial charge in [0.05, 0.1) is 5.88 Å². The summed E-state index contributed by atoms with van der Waals surface area (Å²) in [4.78, 5) is 36.9. The van der Waals surface area contributed by atoms with Crippen molar-refractivity contribution < 1.29 is 14.4 Å². The highest BCUT2D eigenvalue weighted by molar-refractivity contribution is 7.99. The molecule has 1 unspecified atom stereocenters. The molecule has 6 nitrogen and oxygen atoms in total. The maximum atomic E-state index is 12.3. The largest absolute Gasteiger partial charge is 0.356 e. The van der Waals surface area contributed by atoms with E-state index in [1.807, 2.05) is 20.8 Å². The fraction of sp³-hybridized carbons (Fsp3) is 0.786. The molecule has 1 aliphatic heterocycles. The summed E-state index contributed by atoms with van der Waals surface area (Å²) in [7, 11) is 0. The molecule has 1 saturated heterocycles. The molecule has 7 heteroatoms. The van der Waals surface area contributed by atoms with Gasteiger partial charge in [0.25, 0.3) is 0 Å². The molecular formula is C14H25N3O3S. The van der Waals surface area contributed by atoms with Gasteiger partial charge in [-0.3, -0.25) is 14.4 Å². The van der Waals surface area contributed by atoms with Crippen molar-refractivity contribution in [1.82, 2.24) is 15.5 Å². The Morgan fingerprint density at radius 1 is 1.19 bits per heavy atom. The third-order valence-corrected chi connectivity index (χ3v) is 4.13. The van der Waals surface area contributed by atoms with Crippen LogP contribution in [0, 0.1) is 5.41 Å². The van der Waals surface area contributed by atoms with E-state index in [1.54, 1.807) is 16.7 Å². The number of amides is 3. The maximum Gasteiger partial charge on any atom is 0.243 e. The zero-order chi connectivity index (χ0) is 16.0. The fourth-order valence-corrected chi connectivity index (χ4v) is 3.13. The summed E-state index contributed by atoms with van der Waals surface area (Å²) in [6.07, 6.45) is 0.679. The third kappa shape index (κ3) is 5.57. The molecule has 120 valence electrons. The van der Waals surface area contributed by atoms with Crippen LogP contribution >= 0.6 is 11.8 Å². The monoisotopic (exact) mass is 315 g/mol. The maximum absolute atomic E-state index is 12.3. The molecule has 1 fully saturated rings. The van der Waals surface area contributed by atoms with Crippen LogP contribution in [-0.4, -0.2) is 53.4 Å². The summed E-state index contributed by atoms with van der Waals surface area (Å²) in [5, 5.41) is 5.51. The first kappa shape index (κ1) is 17.8. The van der Waals surface area contributed by atoms with Crippen LogP contribution in [0.5, 0.6) is 0 Å². The predicted octanol–water partition coefficient (Wildman–Crippen LogP) is 0.576. The molecule has 0 aromatic rings. The molecule has 21 heavy (non-hydrogen) atoms. The highest BCUT2D eigenvalue weighted by Crippen LogP contribution is 2.27. The smallest absolute Gasteiger partial charge is 0.243 e. The van der Waals surface area contributed by atoms with Crippen LogP contribution in [0.1, 0.15) is 34.1 Å². The van der Waals surface area contributed by atoms with Crippen LogP contribution in [0.25, 0.3) is 0 Å². The lowest BCUT2D eigenvalue weighted by molar-refractivity contribution is -0.144. The highest BCUT2D eigenvalue weighted by Gasteiger charge is 2.38. The lowest BCUT2D eigenvalue weighted by atomic mass is 9.94. The molecule has 1 rings (SSSR count). The first-order chi connectivity index (χ1) is 9.73. The molecule has 0 aromatic heterocycles. The molecule has 2 N–H and O–H groups in total. The first-order valence-corrected chi connectivity index (χ1v) is 8.30. The number of carbonyl (C=O) groups excluding carboxylic acids is 3. The van der Waals surface area contributed by atoms with Crippen molar-refractivity contribution in [3.8, 4) is 0 Å². The molecule has 1 heterocycles. The van der Waals surface area contributed by atoms with Gasteiger partial charge >= 0.3 is 0 Å². The van der Waals surface area contributed by atoms with Crippen LogP contribution in [0.15, 0.2) is 0 Å². The van der Waals surface area contributed by atoms with Gasteiger partial charge in [0.2, 0.25) is 17.7 Å². The van der Waals surface area contributed by atoms with Gasteiger partial charge in [0, 0.05) is 31.2 Å². The van der Waals surface area contributed by atoms with Crippen molar-refractivity contribution in [2.45, 2.75) is 40.2 Å². The lowest BCUT2D eigenvalue weighted by Gasteiger charge is -2.29. The van der Waals surface area contributed by atoms with Crippen molar-refractivity contribution >= 4 is 29.5 Å². The molecule has 0 radical (unpaired) electrons. The Labute approximate surface area is 130 Å². The van der Waals surface area contributed by atoms with E-state index in [-0.39, 0.29) is 23.8 Å². The summed E-state index contributed by atoms with van der Waals surface area (Å²) >= 11 is 1.60. The Hall–Kier alpha value is -1.24. The van der Waals surface area contributed by atoms with Gasteiger partial charge in [-0.2, -0.15) is 0 Å². The van der Waals surface area contributed by atoms with Crippen molar-refractivity contribution in [2.24, 2.45) is 5.41 Å². The number of carbonyl (C=O) groups is 3. The van der Waals surface area contributed by atoms with Crippen LogP contribution in [0.3, 0.4) is 0 Å². The Morgan fingerprint density at radius 3 is 2.38 bits per heavy atom. The van der Waals surface area contributed by atoms with Crippen LogP contribution in [0.2, 0.25) is 0 Å². The zero-order valence-electron chi connectivity index (χ0n) is 13.2. The predicted molar refractivity (Wildman–Crippen MR) is 83.7 cm³/mol. The molecule has 0 saturated carbocycles. The molecule has 3 amide bonds. The summed E-state index contributed by atoms with van der Waals surface area (Å²) in [6, 6.07) is -0.387. The third-order valence-electron chi connectivity index (χ3n) is 3.11. The average molecular weight is 315 g/mol. The second-order valence-electron chi connectivity index (χ2n) is 6.17. The van der Waals surface area contributed by atoms with Gasteiger partial charge in [-0.1, -0.05) is 20.8 Å². The van der Waals surface area contributed by atoms with E-state index >= 15 is 0 Å². The van der Waals surface area contributed by atoms with Gasteiger partial charge in [-0.05, 0) is 6.42 Å². The number of hydrogen-bond donors (Lipinski definition) is 2. The molecule has 1 atom stereocenters. The van der Waals surface area contributed by atoms with E-state index in [2.05, 4.69) is 10.6 Å². The van der Waals surface area contributed by atoms with Crippen molar-refractivity contribution in [2.75, 3.05) is 24.7 Å². The molecule has 0 aromatic carbocycles. The number of nitrogens with one attached hydrogen (secondary N) is 2.